The standard InChI is InChI=1S/C19H23NO4/c1-13-7-5-6-8-16(13)24-12-19(21)20-14(2)15-9-10-17(22-3)18(11-15)23-4/h5-11,14H,12H2,1-4H3,(H,20,21)/t14-/m0/s1. The van der Waals surface area contributed by atoms with Gasteiger partial charge in [0.1, 0.15) is 5.75 Å². The third kappa shape index (κ3) is 4.41. The second kappa shape index (κ2) is 8.24. The van der Waals surface area contributed by atoms with Crippen molar-refractivity contribution in [3.63, 3.8) is 0 Å². The van der Waals surface area contributed by atoms with Crippen LogP contribution in [0.5, 0.6) is 17.2 Å². The summed E-state index contributed by atoms with van der Waals surface area (Å²) in [4.78, 5) is 12.1. The van der Waals surface area contributed by atoms with E-state index in [4.69, 9.17) is 14.2 Å². The Labute approximate surface area is 142 Å². The first-order chi connectivity index (χ1) is 11.5. The second-order valence-electron chi connectivity index (χ2n) is 5.46. The summed E-state index contributed by atoms with van der Waals surface area (Å²) in [6.07, 6.45) is 0. The van der Waals surface area contributed by atoms with Crippen molar-refractivity contribution < 1.29 is 19.0 Å². The monoisotopic (exact) mass is 329 g/mol. The molecule has 128 valence electrons. The molecular formula is C19H23NO4. The number of hydrogen-bond acceptors (Lipinski definition) is 4. The first-order valence-corrected chi connectivity index (χ1v) is 7.75. The van der Waals surface area contributed by atoms with Gasteiger partial charge in [0.2, 0.25) is 0 Å². The SMILES string of the molecule is COc1ccc([C@H](C)NC(=O)COc2ccccc2C)cc1OC. The minimum Gasteiger partial charge on any atom is -0.493 e. The zero-order valence-electron chi connectivity index (χ0n) is 14.5. The van der Waals surface area contributed by atoms with E-state index in [1.165, 1.54) is 0 Å². The average Bonchev–Trinajstić information content (AvgIpc) is 2.60. The Morgan fingerprint density at radius 3 is 2.42 bits per heavy atom. The first-order valence-electron chi connectivity index (χ1n) is 7.75. The van der Waals surface area contributed by atoms with Crippen LogP contribution in [0.1, 0.15) is 24.1 Å². The molecule has 0 fully saturated rings. The van der Waals surface area contributed by atoms with Crippen molar-refractivity contribution in [3.05, 3.63) is 53.6 Å². The maximum Gasteiger partial charge on any atom is 0.258 e. The molecule has 5 nitrogen and oxygen atoms in total. The summed E-state index contributed by atoms with van der Waals surface area (Å²) in [5.74, 6) is 1.82. The van der Waals surface area contributed by atoms with Gasteiger partial charge in [-0.3, -0.25) is 4.79 Å². The first kappa shape index (κ1) is 17.7. The van der Waals surface area contributed by atoms with E-state index >= 15 is 0 Å². The van der Waals surface area contributed by atoms with Crippen LogP contribution in [0.3, 0.4) is 0 Å². The fourth-order valence-electron chi connectivity index (χ4n) is 2.35. The number of aryl methyl sites for hydroxylation is 1. The molecule has 0 bridgehead atoms. The smallest absolute Gasteiger partial charge is 0.258 e. The van der Waals surface area contributed by atoms with Gasteiger partial charge in [0.05, 0.1) is 20.3 Å². The molecule has 2 aromatic carbocycles. The van der Waals surface area contributed by atoms with Crippen molar-refractivity contribution in [2.24, 2.45) is 0 Å². The Kier molecular flexibility index (Phi) is 6.07. The summed E-state index contributed by atoms with van der Waals surface area (Å²) >= 11 is 0. The number of methoxy groups -OCH3 is 2. The summed E-state index contributed by atoms with van der Waals surface area (Å²) in [5.41, 5.74) is 1.93. The molecule has 0 aromatic heterocycles. The maximum absolute atomic E-state index is 12.1. The van der Waals surface area contributed by atoms with E-state index in [9.17, 15) is 4.79 Å². The summed E-state index contributed by atoms with van der Waals surface area (Å²) in [6, 6.07) is 13.0. The highest BCUT2D eigenvalue weighted by Crippen LogP contribution is 2.29. The van der Waals surface area contributed by atoms with E-state index in [1.54, 1.807) is 14.2 Å². The van der Waals surface area contributed by atoms with Gasteiger partial charge in [0.15, 0.2) is 18.1 Å². The Morgan fingerprint density at radius 2 is 1.75 bits per heavy atom. The van der Waals surface area contributed by atoms with Crippen LogP contribution in [-0.4, -0.2) is 26.7 Å². The van der Waals surface area contributed by atoms with Gasteiger partial charge in [-0.15, -0.1) is 0 Å². The third-order valence-corrected chi connectivity index (χ3v) is 3.74. The lowest BCUT2D eigenvalue weighted by molar-refractivity contribution is -0.123. The Hall–Kier alpha value is -2.69. The molecule has 1 amide bonds. The van der Waals surface area contributed by atoms with E-state index in [0.717, 1.165) is 11.1 Å². The normalized spacial score (nSPS) is 11.5. The lowest BCUT2D eigenvalue weighted by atomic mass is 10.1. The van der Waals surface area contributed by atoms with E-state index in [1.807, 2.05) is 56.3 Å². The topological polar surface area (TPSA) is 56.8 Å². The van der Waals surface area contributed by atoms with Crippen molar-refractivity contribution in [2.75, 3.05) is 20.8 Å². The molecule has 0 saturated carbocycles. The summed E-state index contributed by atoms with van der Waals surface area (Å²) in [7, 11) is 3.17. The van der Waals surface area contributed by atoms with Crippen LogP contribution < -0.4 is 19.5 Å². The van der Waals surface area contributed by atoms with E-state index in [-0.39, 0.29) is 18.6 Å². The molecule has 24 heavy (non-hydrogen) atoms. The van der Waals surface area contributed by atoms with Gasteiger partial charge in [0, 0.05) is 0 Å². The summed E-state index contributed by atoms with van der Waals surface area (Å²) in [5, 5.41) is 2.91. The molecule has 0 heterocycles. The van der Waals surface area contributed by atoms with Gasteiger partial charge in [-0.1, -0.05) is 24.3 Å². The number of hydrogen-bond donors (Lipinski definition) is 1. The van der Waals surface area contributed by atoms with Gasteiger partial charge < -0.3 is 19.5 Å². The molecule has 0 saturated heterocycles. The fraction of sp³-hybridized carbons (Fsp3) is 0.316. The van der Waals surface area contributed by atoms with Crippen LogP contribution in [0, 0.1) is 6.92 Å². The Bertz CT molecular complexity index is 700. The lowest BCUT2D eigenvalue weighted by Crippen LogP contribution is -2.31. The van der Waals surface area contributed by atoms with Gasteiger partial charge in [-0.25, -0.2) is 0 Å². The molecule has 0 aliphatic carbocycles. The zero-order valence-corrected chi connectivity index (χ0v) is 14.5. The van der Waals surface area contributed by atoms with Crippen molar-refractivity contribution in [1.29, 1.82) is 0 Å². The van der Waals surface area contributed by atoms with Crippen molar-refractivity contribution in [1.82, 2.24) is 5.32 Å². The van der Waals surface area contributed by atoms with Crippen LogP contribution >= 0.6 is 0 Å². The largest absolute Gasteiger partial charge is 0.493 e. The maximum atomic E-state index is 12.1. The van der Waals surface area contributed by atoms with Gasteiger partial charge in [-0.05, 0) is 43.2 Å². The third-order valence-electron chi connectivity index (χ3n) is 3.74. The molecule has 5 heteroatoms. The molecular weight excluding hydrogens is 306 g/mol. The molecule has 0 aliphatic heterocycles. The second-order valence-corrected chi connectivity index (χ2v) is 5.46. The van der Waals surface area contributed by atoms with Crippen LogP contribution in [0.15, 0.2) is 42.5 Å². The van der Waals surface area contributed by atoms with Crippen molar-refractivity contribution in [3.8, 4) is 17.2 Å². The number of benzene rings is 2. The minimum absolute atomic E-state index is 0.0253. The fourth-order valence-corrected chi connectivity index (χ4v) is 2.35. The zero-order chi connectivity index (χ0) is 17.5. The Morgan fingerprint density at radius 1 is 1.04 bits per heavy atom. The molecule has 0 spiro atoms. The van der Waals surface area contributed by atoms with E-state index in [0.29, 0.717) is 17.2 Å². The Balaban J connectivity index is 1.95. The molecule has 0 radical (unpaired) electrons. The van der Waals surface area contributed by atoms with Crippen molar-refractivity contribution >= 4 is 5.91 Å². The minimum atomic E-state index is -0.180. The number of nitrogens with one attached hydrogen (secondary N) is 1. The number of carbonyl (C=O) groups is 1. The van der Waals surface area contributed by atoms with Gasteiger partial charge in [-0.2, -0.15) is 0 Å². The molecule has 0 aliphatic rings. The van der Waals surface area contributed by atoms with Gasteiger partial charge >= 0.3 is 0 Å². The van der Waals surface area contributed by atoms with Crippen molar-refractivity contribution in [2.45, 2.75) is 19.9 Å². The molecule has 2 aromatic rings. The highest BCUT2D eigenvalue weighted by Gasteiger charge is 2.13. The number of amides is 1. The molecule has 0 unspecified atom stereocenters. The van der Waals surface area contributed by atoms with Crippen LogP contribution in [-0.2, 0) is 4.79 Å². The number of rotatable bonds is 7. The molecule has 1 atom stereocenters. The summed E-state index contributed by atoms with van der Waals surface area (Å²) < 4.78 is 16.1. The van der Waals surface area contributed by atoms with E-state index in [2.05, 4.69) is 5.32 Å². The predicted octanol–water partition coefficient (Wildman–Crippen LogP) is 3.27. The highest BCUT2D eigenvalue weighted by molar-refractivity contribution is 5.78. The molecule has 2 rings (SSSR count). The van der Waals surface area contributed by atoms with Crippen LogP contribution in [0.4, 0.5) is 0 Å². The highest BCUT2D eigenvalue weighted by atomic mass is 16.5. The quantitative estimate of drug-likeness (QED) is 0.847. The number of carbonyl (C=O) groups excluding carboxylic acids is 1. The number of para-hydroxylation sites is 1. The number of ether oxygens (including phenoxy) is 3. The predicted molar refractivity (Wildman–Crippen MR) is 92.8 cm³/mol. The average molecular weight is 329 g/mol. The summed E-state index contributed by atoms with van der Waals surface area (Å²) in [6.45, 7) is 3.83. The van der Waals surface area contributed by atoms with Crippen LogP contribution in [0.25, 0.3) is 0 Å². The van der Waals surface area contributed by atoms with Crippen LogP contribution in [0.2, 0.25) is 0 Å². The van der Waals surface area contributed by atoms with Gasteiger partial charge in [0.25, 0.3) is 5.91 Å². The lowest BCUT2D eigenvalue weighted by Gasteiger charge is -2.17. The molecule has 1 N–H and O–H groups in total. The van der Waals surface area contributed by atoms with E-state index < -0.39 is 0 Å².